The summed E-state index contributed by atoms with van der Waals surface area (Å²) < 4.78 is 12.5. The number of unbranched alkanes of at least 4 members (excludes halogenated alkanes) is 36. The molecule has 0 aromatic heterocycles. The first kappa shape index (κ1) is 67.6. The Labute approximate surface area is 433 Å². The van der Waals surface area contributed by atoms with Gasteiger partial charge in [-0.1, -0.05) is 243 Å². The zero-order valence-electron chi connectivity index (χ0n) is 47.5. The molecule has 0 aliphatic rings. The third-order valence-corrected chi connectivity index (χ3v) is 14.4. The molecule has 0 spiro atoms. The zero-order chi connectivity index (χ0) is 50.2. The predicted octanol–water partition coefficient (Wildman–Crippen LogP) is 20.3. The molecule has 0 aromatic carbocycles. The molecule has 0 rings (SSSR count). The van der Waals surface area contributed by atoms with Gasteiger partial charge in [0.15, 0.2) is 0 Å². The van der Waals surface area contributed by atoms with Gasteiger partial charge >= 0.3 is 5.97 Å². The van der Waals surface area contributed by atoms with Gasteiger partial charge in [-0.05, 0) is 123 Å². The molecule has 0 saturated carbocycles. The van der Waals surface area contributed by atoms with Gasteiger partial charge in [0.25, 0.3) is 0 Å². The van der Waals surface area contributed by atoms with Crippen molar-refractivity contribution in [3.8, 4) is 0 Å². The Morgan fingerprint density at radius 1 is 0.420 bits per heavy atom. The standard InChI is InChI=1S/C64H123NO4/c1-6-9-12-15-18-21-24-27-30-33-36-39-42-45-48-51-57-64(67,58-52-49-46-43-40-37-34-31-28-25-22-19-16-13-10-7-2)62(56-61-69-63(66)55-54-59-65(4)5)68-60-53-50-47-44-41-38-35-32-29-26-23-20-17-14-11-8-3/h27-32,62,67H,6-26,33-61H2,1-5H3. The van der Waals surface area contributed by atoms with Crippen molar-refractivity contribution in [3.63, 3.8) is 0 Å². The summed E-state index contributed by atoms with van der Waals surface area (Å²) >= 11 is 0. The molecule has 5 nitrogen and oxygen atoms in total. The van der Waals surface area contributed by atoms with Crippen LogP contribution in [0.15, 0.2) is 36.5 Å². The van der Waals surface area contributed by atoms with Crippen LogP contribution in [-0.4, -0.2) is 61.5 Å². The van der Waals surface area contributed by atoms with Gasteiger partial charge in [-0.25, -0.2) is 0 Å². The molecule has 0 amide bonds. The van der Waals surface area contributed by atoms with Crippen molar-refractivity contribution in [2.45, 2.75) is 334 Å². The number of esters is 1. The van der Waals surface area contributed by atoms with E-state index < -0.39 is 5.60 Å². The lowest BCUT2D eigenvalue weighted by molar-refractivity contribution is -0.150. The molecular formula is C64H123NO4. The van der Waals surface area contributed by atoms with E-state index in [1.807, 2.05) is 14.1 Å². The topological polar surface area (TPSA) is 59.0 Å². The van der Waals surface area contributed by atoms with Crippen molar-refractivity contribution >= 4 is 5.97 Å². The lowest BCUT2D eigenvalue weighted by Crippen LogP contribution is -2.45. The number of carbonyl (C=O) groups excluding carboxylic acids is 1. The van der Waals surface area contributed by atoms with E-state index in [9.17, 15) is 9.90 Å². The molecule has 0 heterocycles. The van der Waals surface area contributed by atoms with Gasteiger partial charge < -0.3 is 19.5 Å². The van der Waals surface area contributed by atoms with Gasteiger partial charge in [0.05, 0.1) is 18.3 Å². The fourth-order valence-corrected chi connectivity index (χ4v) is 9.78. The Bertz CT molecular complexity index is 1060. The number of hydrogen-bond acceptors (Lipinski definition) is 5. The highest BCUT2D eigenvalue weighted by Gasteiger charge is 2.36. The quantitative estimate of drug-likeness (QED) is 0.0374. The van der Waals surface area contributed by atoms with E-state index in [-0.39, 0.29) is 12.1 Å². The Kier molecular flexibility index (Phi) is 54.7. The highest BCUT2D eigenvalue weighted by atomic mass is 16.5. The number of aliphatic hydroxyl groups is 1. The summed E-state index contributed by atoms with van der Waals surface area (Å²) in [5.41, 5.74) is -0.887. The lowest BCUT2D eigenvalue weighted by Gasteiger charge is -2.37. The van der Waals surface area contributed by atoms with E-state index in [1.54, 1.807) is 0 Å². The molecule has 0 aliphatic carbocycles. The molecule has 5 heteroatoms. The fraction of sp³-hybridized carbons (Fsp3) is 0.891. The summed E-state index contributed by atoms with van der Waals surface area (Å²) in [6.45, 7) is 8.74. The maximum Gasteiger partial charge on any atom is 0.305 e. The van der Waals surface area contributed by atoms with Crippen LogP contribution < -0.4 is 0 Å². The van der Waals surface area contributed by atoms with Crippen LogP contribution in [0.25, 0.3) is 0 Å². The van der Waals surface area contributed by atoms with Crippen molar-refractivity contribution in [2.75, 3.05) is 33.9 Å². The fourth-order valence-electron chi connectivity index (χ4n) is 9.78. The lowest BCUT2D eigenvalue weighted by atomic mass is 9.83. The van der Waals surface area contributed by atoms with E-state index in [0.29, 0.717) is 26.1 Å². The van der Waals surface area contributed by atoms with E-state index in [1.165, 1.54) is 238 Å². The maximum atomic E-state index is 12.7. The molecule has 1 atom stereocenters. The summed E-state index contributed by atoms with van der Waals surface area (Å²) in [6, 6.07) is 0. The van der Waals surface area contributed by atoms with Crippen molar-refractivity contribution in [1.82, 2.24) is 4.90 Å². The van der Waals surface area contributed by atoms with Crippen LogP contribution in [0.4, 0.5) is 0 Å². The van der Waals surface area contributed by atoms with E-state index in [4.69, 9.17) is 9.47 Å². The van der Waals surface area contributed by atoms with Gasteiger partial charge in [0, 0.05) is 19.4 Å². The van der Waals surface area contributed by atoms with Gasteiger partial charge in [0.1, 0.15) is 0 Å². The first-order valence-corrected chi connectivity index (χ1v) is 31.0. The van der Waals surface area contributed by atoms with Crippen molar-refractivity contribution in [2.24, 2.45) is 0 Å². The van der Waals surface area contributed by atoms with Crippen LogP contribution in [0, 0.1) is 0 Å². The van der Waals surface area contributed by atoms with Gasteiger partial charge in [0.2, 0.25) is 0 Å². The van der Waals surface area contributed by atoms with Gasteiger partial charge in [-0.15, -0.1) is 0 Å². The highest BCUT2D eigenvalue weighted by molar-refractivity contribution is 5.69. The van der Waals surface area contributed by atoms with E-state index >= 15 is 0 Å². The van der Waals surface area contributed by atoms with Gasteiger partial charge in [-0.3, -0.25) is 4.79 Å². The zero-order valence-corrected chi connectivity index (χ0v) is 47.5. The third kappa shape index (κ3) is 51.3. The molecule has 0 radical (unpaired) electrons. The molecule has 0 fully saturated rings. The number of ether oxygens (including phenoxy) is 2. The summed E-state index contributed by atoms with van der Waals surface area (Å²) in [5.74, 6) is -0.131. The number of allylic oxidation sites excluding steroid dienone is 6. The highest BCUT2D eigenvalue weighted by Crippen LogP contribution is 2.31. The number of nitrogens with zero attached hydrogens (tertiary/aromatic N) is 1. The Morgan fingerprint density at radius 3 is 1.06 bits per heavy atom. The number of rotatable bonds is 57. The Morgan fingerprint density at radius 2 is 0.725 bits per heavy atom. The average Bonchev–Trinajstić information content (AvgIpc) is 3.34. The first-order chi connectivity index (χ1) is 33.9. The minimum Gasteiger partial charge on any atom is -0.466 e. The molecule has 408 valence electrons. The van der Waals surface area contributed by atoms with Crippen LogP contribution in [0.5, 0.6) is 0 Å². The summed E-state index contributed by atoms with van der Waals surface area (Å²) in [4.78, 5) is 14.8. The monoisotopic (exact) mass is 970 g/mol. The van der Waals surface area contributed by atoms with Crippen LogP contribution in [0.3, 0.4) is 0 Å². The molecule has 0 aliphatic heterocycles. The summed E-state index contributed by atoms with van der Waals surface area (Å²) in [6.07, 6.45) is 71.5. The predicted molar refractivity (Wildman–Crippen MR) is 306 cm³/mol. The molecular weight excluding hydrogens is 847 g/mol. The Balaban J connectivity index is 5.10. The number of hydrogen-bond donors (Lipinski definition) is 1. The second-order valence-corrected chi connectivity index (χ2v) is 21.7. The normalized spacial score (nSPS) is 13.5. The SMILES string of the molecule is CCCCCCCCC=CCCCCCCCCOC(CCOC(=O)CCCN(C)C)C(O)(CCCCCCCCC=CCCCCCCCC)CCCCCCCCC=CCCCCCCCC. The molecule has 1 N–H and O–H groups in total. The summed E-state index contributed by atoms with van der Waals surface area (Å²) in [7, 11) is 4.08. The smallest absolute Gasteiger partial charge is 0.305 e. The average molecular weight is 971 g/mol. The van der Waals surface area contributed by atoms with Crippen molar-refractivity contribution in [3.05, 3.63) is 36.5 Å². The maximum absolute atomic E-state index is 12.7. The van der Waals surface area contributed by atoms with E-state index in [2.05, 4.69) is 62.1 Å². The van der Waals surface area contributed by atoms with Gasteiger partial charge in [-0.2, -0.15) is 0 Å². The summed E-state index contributed by atoms with van der Waals surface area (Å²) in [5, 5.41) is 12.6. The minimum absolute atomic E-state index is 0.131. The van der Waals surface area contributed by atoms with Crippen LogP contribution in [0.2, 0.25) is 0 Å². The molecule has 0 bridgehead atoms. The minimum atomic E-state index is -0.887. The second-order valence-electron chi connectivity index (χ2n) is 21.7. The molecule has 0 saturated heterocycles. The van der Waals surface area contributed by atoms with Crippen molar-refractivity contribution < 1.29 is 19.4 Å². The third-order valence-electron chi connectivity index (χ3n) is 14.4. The second kappa shape index (κ2) is 55.9. The van der Waals surface area contributed by atoms with E-state index in [0.717, 1.165) is 57.9 Å². The van der Waals surface area contributed by atoms with Crippen LogP contribution in [-0.2, 0) is 14.3 Å². The molecule has 69 heavy (non-hydrogen) atoms. The molecule has 0 aromatic rings. The van der Waals surface area contributed by atoms with Crippen LogP contribution >= 0.6 is 0 Å². The first-order valence-electron chi connectivity index (χ1n) is 31.0. The molecule has 1 unspecified atom stereocenters. The van der Waals surface area contributed by atoms with Crippen molar-refractivity contribution in [1.29, 1.82) is 0 Å². The number of carbonyl (C=O) groups is 1. The largest absolute Gasteiger partial charge is 0.466 e. The van der Waals surface area contributed by atoms with Crippen LogP contribution in [0.1, 0.15) is 323 Å². The Hall–Kier alpha value is -1.43.